The molecule has 1 aromatic heterocycles. The summed E-state index contributed by atoms with van der Waals surface area (Å²) < 4.78 is 0. The summed E-state index contributed by atoms with van der Waals surface area (Å²) in [5, 5.41) is 12.9. The SMILES string of the molecule is CC(C)C(C)(O)CNC(=O)c1scnc1C1CC1. The monoisotopic (exact) mass is 268 g/mol. The first-order chi connectivity index (χ1) is 8.42. The van der Waals surface area contributed by atoms with Crippen LogP contribution in [0.15, 0.2) is 5.51 Å². The molecule has 1 fully saturated rings. The first kappa shape index (κ1) is 13.5. The molecule has 1 amide bonds. The van der Waals surface area contributed by atoms with Crippen molar-refractivity contribution in [2.24, 2.45) is 5.92 Å². The van der Waals surface area contributed by atoms with Gasteiger partial charge < -0.3 is 10.4 Å². The third-order valence-electron chi connectivity index (χ3n) is 3.62. The van der Waals surface area contributed by atoms with E-state index in [1.807, 2.05) is 13.8 Å². The first-order valence-corrected chi connectivity index (χ1v) is 7.23. The molecule has 0 aromatic carbocycles. The number of rotatable bonds is 5. The largest absolute Gasteiger partial charge is 0.388 e. The highest BCUT2D eigenvalue weighted by Crippen LogP contribution is 2.41. The van der Waals surface area contributed by atoms with Gasteiger partial charge in [-0.15, -0.1) is 11.3 Å². The minimum absolute atomic E-state index is 0.0992. The minimum atomic E-state index is -0.875. The maximum atomic E-state index is 12.1. The van der Waals surface area contributed by atoms with E-state index in [1.54, 1.807) is 12.4 Å². The summed E-state index contributed by atoms with van der Waals surface area (Å²) in [6, 6.07) is 0. The molecule has 100 valence electrons. The Morgan fingerprint density at radius 3 is 2.89 bits per heavy atom. The van der Waals surface area contributed by atoms with Crippen molar-refractivity contribution in [3.63, 3.8) is 0 Å². The normalized spacial score (nSPS) is 18.7. The molecule has 1 aliphatic rings. The average molecular weight is 268 g/mol. The van der Waals surface area contributed by atoms with E-state index in [2.05, 4.69) is 10.3 Å². The summed E-state index contributed by atoms with van der Waals surface area (Å²) in [4.78, 5) is 17.1. The molecule has 1 unspecified atom stereocenters. The molecule has 4 nitrogen and oxygen atoms in total. The number of hydrogen-bond acceptors (Lipinski definition) is 4. The predicted molar refractivity (Wildman–Crippen MR) is 71.9 cm³/mol. The number of hydrogen-bond donors (Lipinski definition) is 2. The Labute approximate surface area is 111 Å². The fraction of sp³-hybridized carbons (Fsp3) is 0.692. The highest BCUT2D eigenvalue weighted by atomic mass is 32.1. The second-order valence-electron chi connectivity index (χ2n) is 5.54. The molecule has 0 radical (unpaired) electrons. The Hall–Kier alpha value is -0.940. The molecule has 0 aliphatic heterocycles. The van der Waals surface area contributed by atoms with Gasteiger partial charge in [0.15, 0.2) is 0 Å². The van der Waals surface area contributed by atoms with Crippen LogP contribution in [-0.2, 0) is 0 Å². The third kappa shape index (κ3) is 2.90. The smallest absolute Gasteiger partial charge is 0.263 e. The van der Waals surface area contributed by atoms with Crippen molar-refractivity contribution in [2.75, 3.05) is 6.54 Å². The van der Waals surface area contributed by atoms with Gasteiger partial charge in [-0.05, 0) is 25.7 Å². The van der Waals surface area contributed by atoms with Gasteiger partial charge in [0.05, 0.1) is 16.8 Å². The Balaban J connectivity index is 1.97. The number of thiazole rings is 1. The Kier molecular flexibility index (Phi) is 3.73. The lowest BCUT2D eigenvalue weighted by Crippen LogP contribution is -2.44. The van der Waals surface area contributed by atoms with Crippen molar-refractivity contribution in [1.29, 1.82) is 0 Å². The van der Waals surface area contributed by atoms with Crippen LogP contribution in [-0.4, -0.2) is 28.1 Å². The molecule has 1 aromatic rings. The van der Waals surface area contributed by atoms with E-state index in [-0.39, 0.29) is 18.4 Å². The summed E-state index contributed by atoms with van der Waals surface area (Å²) in [5.41, 5.74) is 1.78. The number of aliphatic hydroxyl groups is 1. The molecule has 1 heterocycles. The van der Waals surface area contributed by atoms with Crippen molar-refractivity contribution < 1.29 is 9.90 Å². The Morgan fingerprint density at radius 2 is 2.33 bits per heavy atom. The maximum Gasteiger partial charge on any atom is 0.263 e. The molecule has 1 atom stereocenters. The summed E-state index contributed by atoms with van der Waals surface area (Å²) in [7, 11) is 0. The Morgan fingerprint density at radius 1 is 1.67 bits per heavy atom. The lowest BCUT2D eigenvalue weighted by Gasteiger charge is -2.27. The number of carbonyl (C=O) groups is 1. The molecule has 1 saturated carbocycles. The second kappa shape index (κ2) is 4.97. The van der Waals surface area contributed by atoms with Crippen molar-refractivity contribution in [2.45, 2.75) is 45.1 Å². The number of amides is 1. The molecule has 2 rings (SSSR count). The van der Waals surface area contributed by atoms with Gasteiger partial charge in [-0.25, -0.2) is 4.98 Å². The van der Waals surface area contributed by atoms with Gasteiger partial charge in [0.25, 0.3) is 5.91 Å². The first-order valence-electron chi connectivity index (χ1n) is 6.36. The lowest BCUT2D eigenvalue weighted by atomic mass is 9.92. The van der Waals surface area contributed by atoms with Crippen LogP contribution in [0.25, 0.3) is 0 Å². The second-order valence-corrected chi connectivity index (χ2v) is 6.39. The summed E-state index contributed by atoms with van der Waals surface area (Å²) >= 11 is 1.38. The summed E-state index contributed by atoms with van der Waals surface area (Å²) in [6.07, 6.45) is 2.27. The van der Waals surface area contributed by atoms with Gasteiger partial charge in [0.1, 0.15) is 4.88 Å². The maximum absolute atomic E-state index is 12.1. The molecule has 0 saturated heterocycles. The van der Waals surface area contributed by atoms with Crippen LogP contribution in [0.5, 0.6) is 0 Å². The van der Waals surface area contributed by atoms with Crippen LogP contribution >= 0.6 is 11.3 Å². The van der Waals surface area contributed by atoms with E-state index in [0.29, 0.717) is 10.8 Å². The van der Waals surface area contributed by atoms with Crippen LogP contribution in [0.4, 0.5) is 0 Å². The summed E-state index contributed by atoms with van der Waals surface area (Å²) in [6.45, 7) is 5.89. The number of carbonyl (C=O) groups excluding carboxylic acids is 1. The molecule has 1 aliphatic carbocycles. The zero-order valence-electron chi connectivity index (χ0n) is 11.1. The standard InChI is InChI=1S/C13H20N2O2S/c1-8(2)13(3,17)6-14-12(16)11-10(9-4-5-9)15-7-18-11/h7-9,17H,4-6H2,1-3H3,(H,14,16). The van der Waals surface area contributed by atoms with Gasteiger partial charge in [-0.1, -0.05) is 13.8 Å². The molecule has 2 N–H and O–H groups in total. The summed E-state index contributed by atoms with van der Waals surface area (Å²) in [5.74, 6) is 0.463. The van der Waals surface area contributed by atoms with E-state index in [0.717, 1.165) is 18.5 Å². The molecule has 18 heavy (non-hydrogen) atoms. The molecule has 0 bridgehead atoms. The molecular weight excluding hydrogens is 248 g/mol. The molecular formula is C13H20N2O2S. The zero-order valence-corrected chi connectivity index (χ0v) is 11.9. The van der Waals surface area contributed by atoms with Crippen LogP contribution in [0, 0.1) is 5.92 Å². The highest BCUT2D eigenvalue weighted by Gasteiger charge is 2.31. The molecule has 0 spiro atoms. The van der Waals surface area contributed by atoms with E-state index in [1.165, 1.54) is 11.3 Å². The van der Waals surface area contributed by atoms with Crippen LogP contribution in [0.3, 0.4) is 0 Å². The van der Waals surface area contributed by atoms with Crippen LogP contribution < -0.4 is 5.32 Å². The van der Waals surface area contributed by atoms with E-state index in [4.69, 9.17) is 0 Å². The fourth-order valence-corrected chi connectivity index (χ4v) is 2.41. The average Bonchev–Trinajstić information content (AvgIpc) is 3.04. The number of nitrogens with zero attached hydrogens (tertiary/aromatic N) is 1. The Bertz CT molecular complexity index is 436. The van der Waals surface area contributed by atoms with Crippen molar-refractivity contribution in [1.82, 2.24) is 10.3 Å². The fourth-order valence-electron chi connectivity index (χ4n) is 1.62. The van der Waals surface area contributed by atoms with Crippen molar-refractivity contribution in [3.05, 3.63) is 16.1 Å². The van der Waals surface area contributed by atoms with Gasteiger partial charge in [0, 0.05) is 12.5 Å². The van der Waals surface area contributed by atoms with Crippen molar-refractivity contribution >= 4 is 17.2 Å². The van der Waals surface area contributed by atoms with Gasteiger partial charge >= 0.3 is 0 Å². The third-order valence-corrected chi connectivity index (χ3v) is 4.46. The van der Waals surface area contributed by atoms with Crippen molar-refractivity contribution in [3.8, 4) is 0 Å². The van der Waals surface area contributed by atoms with Gasteiger partial charge in [-0.2, -0.15) is 0 Å². The van der Waals surface area contributed by atoms with Crippen LogP contribution in [0.2, 0.25) is 0 Å². The van der Waals surface area contributed by atoms with E-state index < -0.39 is 5.60 Å². The predicted octanol–water partition coefficient (Wildman–Crippen LogP) is 2.16. The minimum Gasteiger partial charge on any atom is -0.388 e. The van der Waals surface area contributed by atoms with E-state index in [9.17, 15) is 9.90 Å². The quantitative estimate of drug-likeness (QED) is 0.860. The van der Waals surface area contributed by atoms with Gasteiger partial charge in [-0.3, -0.25) is 4.79 Å². The van der Waals surface area contributed by atoms with Gasteiger partial charge in [0.2, 0.25) is 0 Å². The molecule has 5 heteroatoms. The zero-order chi connectivity index (χ0) is 13.3. The number of nitrogens with one attached hydrogen (secondary N) is 1. The lowest BCUT2D eigenvalue weighted by molar-refractivity contribution is 0.0142. The number of aromatic nitrogens is 1. The van der Waals surface area contributed by atoms with E-state index >= 15 is 0 Å². The topological polar surface area (TPSA) is 62.2 Å². The highest BCUT2D eigenvalue weighted by molar-refractivity contribution is 7.11. The van der Waals surface area contributed by atoms with Crippen LogP contribution in [0.1, 0.15) is 54.9 Å².